The molecule has 0 unspecified atom stereocenters. The fourth-order valence-electron chi connectivity index (χ4n) is 1.51. The normalized spacial score (nSPS) is 10.3. The number of nitro benzene ring substituents is 1. The zero-order valence-electron chi connectivity index (χ0n) is 11.5. The van der Waals surface area contributed by atoms with Crippen LogP contribution in [0.3, 0.4) is 0 Å². The van der Waals surface area contributed by atoms with Gasteiger partial charge < -0.3 is 14.2 Å². The number of carbonyl (C=O) groups excluding carboxylic acids is 1. The van der Waals surface area contributed by atoms with E-state index in [1.54, 1.807) is 7.11 Å². The van der Waals surface area contributed by atoms with Gasteiger partial charge in [-0.15, -0.1) is 0 Å². The first-order valence-corrected chi connectivity index (χ1v) is 6.05. The summed E-state index contributed by atoms with van der Waals surface area (Å²) >= 11 is 0. The molecular formula is C13H17NO6. The number of hydrogen-bond acceptors (Lipinski definition) is 6. The second-order valence-electron chi connectivity index (χ2n) is 3.95. The molecule has 20 heavy (non-hydrogen) atoms. The summed E-state index contributed by atoms with van der Waals surface area (Å²) in [7, 11) is 1.58. The quantitative estimate of drug-likeness (QED) is 0.297. The Hall–Kier alpha value is -1.99. The first-order valence-electron chi connectivity index (χ1n) is 6.05. The summed E-state index contributed by atoms with van der Waals surface area (Å²) < 4.78 is 15.3. The van der Waals surface area contributed by atoms with Gasteiger partial charge >= 0.3 is 0 Å². The van der Waals surface area contributed by atoms with Crippen LogP contribution in [0.1, 0.15) is 17.3 Å². The Labute approximate surface area is 116 Å². The zero-order valence-corrected chi connectivity index (χ0v) is 11.5. The van der Waals surface area contributed by atoms with Crippen LogP contribution in [0, 0.1) is 10.1 Å². The van der Waals surface area contributed by atoms with Crippen LogP contribution in [0.4, 0.5) is 5.69 Å². The molecule has 1 aromatic carbocycles. The molecule has 0 amide bonds. The molecule has 110 valence electrons. The molecule has 1 aromatic rings. The first-order chi connectivity index (χ1) is 9.56. The van der Waals surface area contributed by atoms with Crippen molar-refractivity contribution >= 4 is 11.5 Å². The summed E-state index contributed by atoms with van der Waals surface area (Å²) in [6.45, 7) is 2.86. The van der Waals surface area contributed by atoms with Crippen molar-refractivity contribution in [2.24, 2.45) is 0 Å². The molecule has 0 fully saturated rings. The van der Waals surface area contributed by atoms with Gasteiger partial charge in [0.15, 0.2) is 5.78 Å². The molecule has 0 saturated heterocycles. The number of ether oxygens (including phenoxy) is 3. The molecule has 0 spiro atoms. The predicted molar refractivity (Wildman–Crippen MR) is 71.3 cm³/mol. The molecule has 0 aliphatic rings. The Morgan fingerprint density at radius 2 is 1.95 bits per heavy atom. The van der Waals surface area contributed by atoms with Crippen LogP contribution in [0.25, 0.3) is 0 Å². The van der Waals surface area contributed by atoms with E-state index in [1.807, 2.05) is 0 Å². The van der Waals surface area contributed by atoms with Gasteiger partial charge in [-0.05, 0) is 19.1 Å². The molecule has 0 atom stereocenters. The van der Waals surface area contributed by atoms with Gasteiger partial charge in [-0.3, -0.25) is 14.9 Å². The number of rotatable bonds is 9. The van der Waals surface area contributed by atoms with Crippen molar-refractivity contribution in [2.45, 2.75) is 6.92 Å². The second-order valence-corrected chi connectivity index (χ2v) is 3.95. The van der Waals surface area contributed by atoms with Crippen LogP contribution >= 0.6 is 0 Å². The highest BCUT2D eigenvalue weighted by atomic mass is 16.6. The fourth-order valence-corrected chi connectivity index (χ4v) is 1.51. The number of nitrogens with zero attached hydrogens (tertiary/aromatic N) is 1. The highest BCUT2D eigenvalue weighted by molar-refractivity contribution is 5.98. The summed E-state index contributed by atoms with van der Waals surface area (Å²) in [5.41, 5.74) is -0.186. The molecule has 0 aliphatic carbocycles. The minimum Gasteiger partial charge on any atom is -0.491 e. The van der Waals surface area contributed by atoms with Crippen LogP contribution in [0.5, 0.6) is 5.75 Å². The van der Waals surface area contributed by atoms with Gasteiger partial charge in [-0.1, -0.05) is 0 Å². The van der Waals surface area contributed by atoms with Gasteiger partial charge in [0.05, 0.1) is 36.4 Å². The van der Waals surface area contributed by atoms with Crippen LogP contribution < -0.4 is 4.74 Å². The lowest BCUT2D eigenvalue weighted by molar-refractivity contribution is -0.385. The SMILES string of the molecule is COCCOCCOc1ccc(C(C)=O)c([N+](=O)[O-])c1. The number of nitro groups is 1. The van der Waals surface area contributed by atoms with Crippen LogP contribution in [-0.4, -0.2) is 44.2 Å². The maximum Gasteiger partial charge on any atom is 0.283 e. The molecule has 0 bridgehead atoms. The van der Waals surface area contributed by atoms with E-state index in [-0.39, 0.29) is 23.6 Å². The third-order valence-corrected chi connectivity index (χ3v) is 2.47. The van der Waals surface area contributed by atoms with Crippen molar-refractivity contribution in [3.8, 4) is 5.75 Å². The Bertz CT molecular complexity index is 474. The van der Waals surface area contributed by atoms with Gasteiger partial charge in [-0.2, -0.15) is 0 Å². The van der Waals surface area contributed by atoms with Crippen LogP contribution in [-0.2, 0) is 9.47 Å². The Kier molecular flexibility index (Phi) is 6.61. The lowest BCUT2D eigenvalue weighted by Crippen LogP contribution is -2.10. The van der Waals surface area contributed by atoms with Crippen molar-refractivity contribution in [3.05, 3.63) is 33.9 Å². The second kappa shape index (κ2) is 8.23. The molecule has 7 heteroatoms. The van der Waals surface area contributed by atoms with E-state index in [0.717, 1.165) is 0 Å². The molecule has 0 aromatic heterocycles. The van der Waals surface area contributed by atoms with E-state index in [0.29, 0.717) is 25.6 Å². The van der Waals surface area contributed by atoms with Gasteiger partial charge in [0.2, 0.25) is 0 Å². The number of benzene rings is 1. The third kappa shape index (κ3) is 4.94. The van der Waals surface area contributed by atoms with E-state index in [9.17, 15) is 14.9 Å². The molecular weight excluding hydrogens is 266 g/mol. The number of ketones is 1. The van der Waals surface area contributed by atoms with Gasteiger partial charge in [-0.25, -0.2) is 0 Å². The average Bonchev–Trinajstić information content (AvgIpc) is 2.42. The average molecular weight is 283 g/mol. The van der Waals surface area contributed by atoms with Gasteiger partial charge in [0, 0.05) is 7.11 Å². The maximum absolute atomic E-state index is 11.3. The topological polar surface area (TPSA) is 87.9 Å². The van der Waals surface area contributed by atoms with Gasteiger partial charge in [0.25, 0.3) is 5.69 Å². The van der Waals surface area contributed by atoms with Crippen molar-refractivity contribution < 1.29 is 23.9 Å². The third-order valence-electron chi connectivity index (χ3n) is 2.47. The Balaban J connectivity index is 2.57. The molecule has 0 heterocycles. The Morgan fingerprint density at radius 1 is 1.25 bits per heavy atom. The number of carbonyl (C=O) groups is 1. The first kappa shape index (κ1) is 16.1. The Morgan fingerprint density at radius 3 is 2.55 bits per heavy atom. The van der Waals surface area contributed by atoms with E-state index in [1.165, 1.54) is 25.1 Å². The van der Waals surface area contributed by atoms with Crippen molar-refractivity contribution in [1.82, 2.24) is 0 Å². The highest BCUT2D eigenvalue weighted by Gasteiger charge is 2.18. The summed E-state index contributed by atoms with van der Waals surface area (Å²) in [6.07, 6.45) is 0. The number of Topliss-reactive ketones (excluding diaryl/α,β-unsaturated/α-hetero) is 1. The summed E-state index contributed by atoms with van der Waals surface area (Å²) in [4.78, 5) is 21.6. The van der Waals surface area contributed by atoms with Crippen LogP contribution in [0.2, 0.25) is 0 Å². The van der Waals surface area contributed by atoms with E-state index in [2.05, 4.69) is 0 Å². The molecule has 7 nitrogen and oxygen atoms in total. The van der Waals surface area contributed by atoms with Crippen molar-refractivity contribution in [2.75, 3.05) is 33.5 Å². The number of methoxy groups -OCH3 is 1. The van der Waals surface area contributed by atoms with E-state index >= 15 is 0 Å². The highest BCUT2D eigenvalue weighted by Crippen LogP contribution is 2.25. The molecule has 0 aliphatic heterocycles. The fraction of sp³-hybridized carbons (Fsp3) is 0.462. The lowest BCUT2D eigenvalue weighted by atomic mass is 10.1. The maximum atomic E-state index is 11.3. The molecule has 0 saturated carbocycles. The lowest BCUT2D eigenvalue weighted by Gasteiger charge is -2.08. The standard InChI is InChI=1S/C13H17NO6/c1-10(15)12-4-3-11(9-13(12)14(16)17)20-8-7-19-6-5-18-2/h3-4,9H,5-8H2,1-2H3. The largest absolute Gasteiger partial charge is 0.491 e. The van der Waals surface area contributed by atoms with E-state index < -0.39 is 4.92 Å². The van der Waals surface area contributed by atoms with Crippen molar-refractivity contribution in [3.63, 3.8) is 0 Å². The molecule has 0 radical (unpaired) electrons. The smallest absolute Gasteiger partial charge is 0.283 e. The van der Waals surface area contributed by atoms with Crippen molar-refractivity contribution in [1.29, 1.82) is 0 Å². The minimum absolute atomic E-state index is 0.0682. The molecule has 1 rings (SSSR count). The summed E-state index contributed by atoms with van der Waals surface area (Å²) in [5.74, 6) is -0.0248. The van der Waals surface area contributed by atoms with Crippen LogP contribution in [0.15, 0.2) is 18.2 Å². The monoisotopic (exact) mass is 283 g/mol. The summed E-state index contributed by atoms with van der Waals surface area (Å²) in [6, 6.07) is 4.16. The van der Waals surface area contributed by atoms with E-state index in [4.69, 9.17) is 14.2 Å². The number of hydrogen-bond donors (Lipinski definition) is 0. The van der Waals surface area contributed by atoms with Gasteiger partial charge in [0.1, 0.15) is 12.4 Å². The minimum atomic E-state index is -0.599. The molecule has 0 N–H and O–H groups in total. The zero-order chi connectivity index (χ0) is 15.0. The summed E-state index contributed by atoms with van der Waals surface area (Å²) in [5, 5.41) is 10.9. The predicted octanol–water partition coefficient (Wildman–Crippen LogP) is 1.84.